The fraction of sp³-hybridized carbons (Fsp3) is 0.364. The minimum absolute atomic E-state index is 0.0924. The molecule has 2 amide bonds. The van der Waals surface area contributed by atoms with Crippen molar-refractivity contribution in [2.75, 3.05) is 38.5 Å². The van der Waals surface area contributed by atoms with Gasteiger partial charge in [0.05, 0.1) is 0 Å². The predicted octanol–water partition coefficient (Wildman–Crippen LogP) is 2.32. The summed E-state index contributed by atoms with van der Waals surface area (Å²) in [5, 5.41) is 5.71. The predicted molar refractivity (Wildman–Crippen MR) is 111 cm³/mol. The number of nitrogens with one attached hydrogen (secondary N) is 2. The fourth-order valence-corrected chi connectivity index (χ4v) is 3.32. The van der Waals surface area contributed by atoms with Gasteiger partial charge in [-0.3, -0.25) is 14.5 Å². The van der Waals surface area contributed by atoms with E-state index in [1.165, 1.54) is 6.92 Å². The van der Waals surface area contributed by atoms with Crippen molar-refractivity contribution in [2.24, 2.45) is 0 Å². The zero-order chi connectivity index (χ0) is 19.9. The molecule has 1 saturated heterocycles. The molecule has 0 spiro atoms. The number of hydrogen-bond acceptors (Lipinski definition) is 4. The molecular weight excluding hydrogens is 352 g/mol. The van der Waals surface area contributed by atoms with Crippen LogP contribution in [0.3, 0.4) is 0 Å². The molecule has 0 atom stereocenters. The highest BCUT2D eigenvalue weighted by Gasteiger charge is 2.14. The van der Waals surface area contributed by atoms with Gasteiger partial charge >= 0.3 is 0 Å². The standard InChI is InChI=1S/C22H28N4O2/c1-17(27)24-21-8-4-5-18(14-21)15-23-22(28)20-7-3-6-19(13-20)16-26-11-9-25(2)10-12-26/h3-8,13-14H,9-12,15-16H2,1-2H3,(H,23,28)(H,24,27). The van der Waals surface area contributed by atoms with Crippen LogP contribution < -0.4 is 10.6 Å². The van der Waals surface area contributed by atoms with Gasteiger partial charge in [0.25, 0.3) is 5.91 Å². The van der Waals surface area contributed by atoms with Gasteiger partial charge in [-0.25, -0.2) is 0 Å². The topological polar surface area (TPSA) is 64.7 Å². The van der Waals surface area contributed by atoms with Crippen LogP contribution in [-0.2, 0) is 17.9 Å². The number of likely N-dealkylation sites (N-methyl/N-ethyl adjacent to an activating group) is 1. The second kappa shape index (κ2) is 9.48. The molecule has 2 N–H and O–H groups in total. The fourth-order valence-electron chi connectivity index (χ4n) is 3.32. The first-order valence-electron chi connectivity index (χ1n) is 9.64. The number of anilines is 1. The first-order valence-corrected chi connectivity index (χ1v) is 9.64. The molecule has 1 aliphatic rings. The number of rotatable bonds is 6. The summed E-state index contributed by atoms with van der Waals surface area (Å²) in [5.41, 5.74) is 3.50. The lowest BCUT2D eigenvalue weighted by molar-refractivity contribution is -0.114. The maximum absolute atomic E-state index is 12.6. The number of carbonyl (C=O) groups is 2. The second-order valence-electron chi connectivity index (χ2n) is 7.34. The van der Waals surface area contributed by atoms with E-state index >= 15 is 0 Å². The average Bonchev–Trinajstić information content (AvgIpc) is 2.68. The SMILES string of the molecule is CC(=O)Nc1cccc(CNC(=O)c2cccc(CN3CCN(C)CC3)c2)c1. The van der Waals surface area contributed by atoms with Crippen LogP contribution in [0, 0.1) is 0 Å². The number of amides is 2. The van der Waals surface area contributed by atoms with Crippen LogP contribution in [0.1, 0.15) is 28.4 Å². The van der Waals surface area contributed by atoms with E-state index < -0.39 is 0 Å². The summed E-state index contributed by atoms with van der Waals surface area (Å²) in [6.45, 7) is 7.02. The highest BCUT2D eigenvalue weighted by molar-refractivity contribution is 5.94. The van der Waals surface area contributed by atoms with Crippen molar-refractivity contribution < 1.29 is 9.59 Å². The molecular formula is C22H28N4O2. The Kier molecular flexibility index (Phi) is 6.79. The van der Waals surface area contributed by atoms with Crippen LogP contribution in [0.2, 0.25) is 0 Å². The zero-order valence-electron chi connectivity index (χ0n) is 16.6. The minimum Gasteiger partial charge on any atom is -0.348 e. The summed E-state index contributed by atoms with van der Waals surface area (Å²) in [6, 6.07) is 15.3. The highest BCUT2D eigenvalue weighted by Crippen LogP contribution is 2.12. The van der Waals surface area contributed by atoms with Crippen LogP contribution in [0.5, 0.6) is 0 Å². The third kappa shape index (κ3) is 5.90. The van der Waals surface area contributed by atoms with Gasteiger partial charge in [0.1, 0.15) is 0 Å². The van der Waals surface area contributed by atoms with Crippen molar-refractivity contribution in [3.8, 4) is 0 Å². The summed E-state index contributed by atoms with van der Waals surface area (Å²) in [7, 11) is 2.15. The molecule has 1 heterocycles. The van der Waals surface area contributed by atoms with Crippen LogP contribution in [0.25, 0.3) is 0 Å². The van der Waals surface area contributed by atoms with E-state index in [1.807, 2.05) is 42.5 Å². The Hall–Kier alpha value is -2.70. The highest BCUT2D eigenvalue weighted by atomic mass is 16.2. The van der Waals surface area contributed by atoms with Crippen molar-refractivity contribution in [3.63, 3.8) is 0 Å². The molecule has 0 aromatic heterocycles. The Balaban J connectivity index is 1.56. The van der Waals surface area contributed by atoms with E-state index in [1.54, 1.807) is 0 Å². The van der Waals surface area contributed by atoms with Crippen LogP contribution >= 0.6 is 0 Å². The molecule has 0 aliphatic carbocycles. The molecule has 6 nitrogen and oxygen atoms in total. The lowest BCUT2D eigenvalue weighted by atomic mass is 10.1. The molecule has 0 radical (unpaired) electrons. The minimum atomic E-state index is -0.113. The number of nitrogens with zero attached hydrogens (tertiary/aromatic N) is 2. The van der Waals surface area contributed by atoms with Crippen molar-refractivity contribution in [1.82, 2.24) is 15.1 Å². The Morgan fingerprint density at radius 1 is 0.964 bits per heavy atom. The van der Waals surface area contributed by atoms with Gasteiger partial charge in [-0.2, -0.15) is 0 Å². The average molecular weight is 380 g/mol. The molecule has 6 heteroatoms. The molecule has 0 bridgehead atoms. The van der Waals surface area contributed by atoms with Crippen LogP contribution in [0.4, 0.5) is 5.69 Å². The van der Waals surface area contributed by atoms with Gasteiger partial charge in [-0.1, -0.05) is 24.3 Å². The van der Waals surface area contributed by atoms with Gasteiger partial charge in [0.2, 0.25) is 5.91 Å². The van der Waals surface area contributed by atoms with E-state index in [9.17, 15) is 9.59 Å². The number of piperazine rings is 1. The zero-order valence-corrected chi connectivity index (χ0v) is 16.6. The summed E-state index contributed by atoms with van der Waals surface area (Å²) < 4.78 is 0. The molecule has 3 rings (SSSR count). The van der Waals surface area contributed by atoms with E-state index in [-0.39, 0.29) is 11.8 Å². The number of hydrogen-bond donors (Lipinski definition) is 2. The summed E-state index contributed by atoms with van der Waals surface area (Å²) in [5.74, 6) is -0.205. The number of benzene rings is 2. The lowest BCUT2D eigenvalue weighted by Gasteiger charge is -2.32. The van der Waals surface area contributed by atoms with Gasteiger partial charge in [0, 0.05) is 57.4 Å². The maximum Gasteiger partial charge on any atom is 0.251 e. The third-order valence-corrected chi connectivity index (χ3v) is 4.89. The summed E-state index contributed by atoms with van der Waals surface area (Å²) in [4.78, 5) is 28.5. The van der Waals surface area contributed by atoms with E-state index in [0.29, 0.717) is 12.1 Å². The number of carbonyl (C=O) groups excluding carboxylic acids is 2. The normalized spacial score (nSPS) is 15.2. The van der Waals surface area contributed by atoms with Gasteiger partial charge < -0.3 is 15.5 Å². The summed E-state index contributed by atoms with van der Waals surface area (Å²) >= 11 is 0. The molecule has 0 saturated carbocycles. The van der Waals surface area contributed by atoms with E-state index in [4.69, 9.17) is 0 Å². The molecule has 2 aromatic carbocycles. The van der Waals surface area contributed by atoms with Crippen molar-refractivity contribution in [2.45, 2.75) is 20.0 Å². The molecule has 2 aromatic rings. The Morgan fingerprint density at radius 2 is 1.68 bits per heavy atom. The van der Waals surface area contributed by atoms with Gasteiger partial charge in [-0.15, -0.1) is 0 Å². The maximum atomic E-state index is 12.6. The lowest BCUT2D eigenvalue weighted by Crippen LogP contribution is -2.43. The molecule has 0 unspecified atom stereocenters. The molecule has 28 heavy (non-hydrogen) atoms. The van der Waals surface area contributed by atoms with Crippen LogP contribution in [0.15, 0.2) is 48.5 Å². The first kappa shape index (κ1) is 20.0. The smallest absolute Gasteiger partial charge is 0.251 e. The van der Waals surface area contributed by atoms with E-state index in [0.717, 1.165) is 49.5 Å². The second-order valence-corrected chi connectivity index (χ2v) is 7.34. The monoisotopic (exact) mass is 380 g/mol. The Morgan fingerprint density at radius 3 is 2.43 bits per heavy atom. The first-order chi connectivity index (χ1) is 13.5. The van der Waals surface area contributed by atoms with E-state index in [2.05, 4.69) is 33.5 Å². The molecule has 148 valence electrons. The Bertz CT molecular complexity index is 829. The van der Waals surface area contributed by atoms with Crippen molar-refractivity contribution in [1.29, 1.82) is 0 Å². The van der Waals surface area contributed by atoms with Crippen LogP contribution in [-0.4, -0.2) is 54.8 Å². The van der Waals surface area contributed by atoms with Crippen molar-refractivity contribution >= 4 is 17.5 Å². The van der Waals surface area contributed by atoms with Gasteiger partial charge in [-0.05, 0) is 42.4 Å². The largest absolute Gasteiger partial charge is 0.348 e. The van der Waals surface area contributed by atoms with Gasteiger partial charge in [0.15, 0.2) is 0 Å². The molecule has 1 fully saturated rings. The Labute approximate surface area is 166 Å². The third-order valence-electron chi connectivity index (χ3n) is 4.89. The quantitative estimate of drug-likeness (QED) is 0.807. The molecule has 1 aliphatic heterocycles. The summed E-state index contributed by atoms with van der Waals surface area (Å²) in [6.07, 6.45) is 0. The van der Waals surface area contributed by atoms with Crippen molar-refractivity contribution in [3.05, 3.63) is 65.2 Å².